The standard InChI is InChI=1S/C36H52F2O6/c1-5-6-7-8-9-13-18-28(4)35(41)44-33-25-32(39)30(23-24-36(37,38)26-42-29-19-14-12-15-20-29)31(33)21-16-10-11-17-22-34(40)43-27(2)3/h10,12,14-16,19-20,23-24,27,30-33,39H,4-9,11,13,17-18,21-22,25-26H2,1-3H3/b16-10-,24-23+/t30-,31-,32-,33+/m1/s1. The van der Waals surface area contributed by atoms with E-state index in [1.807, 2.05) is 12.2 Å². The molecule has 1 aliphatic carbocycles. The van der Waals surface area contributed by atoms with E-state index in [1.54, 1.807) is 44.2 Å². The average Bonchev–Trinajstić information content (AvgIpc) is 3.27. The van der Waals surface area contributed by atoms with Crippen LogP contribution in [0.5, 0.6) is 5.75 Å². The molecule has 1 saturated carbocycles. The number of aliphatic hydroxyl groups excluding tert-OH is 1. The lowest BCUT2D eigenvalue weighted by molar-refractivity contribution is -0.148. The van der Waals surface area contributed by atoms with Crippen LogP contribution in [0.4, 0.5) is 8.78 Å². The molecule has 1 aromatic rings. The first-order chi connectivity index (χ1) is 21.0. The van der Waals surface area contributed by atoms with Crippen LogP contribution in [0.25, 0.3) is 0 Å². The van der Waals surface area contributed by atoms with Crippen molar-refractivity contribution < 1.29 is 37.7 Å². The van der Waals surface area contributed by atoms with Gasteiger partial charge in [-0.15, -0.1) is 0 Å². The van der Waals surface area contributed by atoms with Gasteiger partial charge in [0.15, 0.2) is 6.61 Å². The molecule has 0 unspecified atom stereocenters. The fourth-order valence-corrected chi connectivity index (χ4v) is 5.31. The molecule has 1 aromatic carbocycles. The van der Waals surface area contributed by atoms with Crippen molar-refractivity contribution in [2.75, 3.05) is 6.61 Å². The molecule has 6 nitrogen and oxygen atoms in total. The zero-order chi connectivity index (χ0) is 32.4. The van der Waals surface area contributed by atoms with Crippen LogP contribution in [0.15, 0.2) is 66.8 Å². The van der Waals surface area contributed by atoms with Gasteiger partial charge in [-0.2, -0.15) is 8.78 Å². The molecule has 0 spiro atoms. The van der Waals surface area contributed by atoms with Crippen LogP contribution in [-0.4, -0.2) is 47.9 Å². The van der Waals surface area contributed by atoms with Gasteiger partial charge in [0.2, 0.25) is 0 Å². The number of allylic oxidation sites excluding steroid dienone is 2. The highest BCUT2D eigenvalue weighted by Crippen LogP contribution is 2.39. The first-order valence-corrected chi connectivity index (χ1v) is 16.2. The summed E-state index contributed by atoms with van der Waals surface area (Å²) >= 11 is 0. The number of unbranched alkanes of at least 4 members (excludes halogenated alkanes) is 6. The van der Waals surface area contributed by atoms with Crippen molar-refractivity contribution in [3.8, 4) is 5.75 Å². The van der Waals surface area contributed by atoms with Gasteiger partial charge < -0.3 is 19.3 Å². The molecule has 0 aromatic heterocycles. The third-order valence-electron chi connectivity index (χ3n) is 7.70. The zero-order valence-corrected chi connectivity index (χ0v) is 26.7. The molecular formula is C36H52F2O6. The number of aliphatic hydroxyl groups is 1. The number of esters is 2. The van der Waals surface area contributed by atoms with E-state index < -0.39 is 42.5 Å². The highest BCUT2D eigenvalue weighted by atomic mass is 19.3. The van der Waals surface area contributed by atoms with Gasteiger partial charge in [0.1, 0.15) is 11.9 Å². The number of hydrogen-bond donors (Lipinski definition) is 1. The number of hydrogen-bond acceptors (Lipinski definition) is 6. The molecule has 1 N–H and O–H groups in total. The second-order valence-corrected chi connectivity index (χ2v) is 12.0. The first kappa shape index (κ1) is 37.2. The number of alkyl halides is 2. The summed E-state index contributed by atoms with van der Waals surface area (Å²) in [7, 11) is 0. The van der Waals surface area contributed by atoms with Crippen LogP contribution in [0.1, 0.15) is 97.8 Å². The van der Waals surface area contributed by atoms with Gasteiger partial charge in [0.25, 0.3) is 5.92 Å². The Morgan fingerprint density at radius 1 is 1.05 bits per heavy atom. The number of carbonyl (C=O) groups excluding carboxylic acids is 2. The summed E-state index contributed by atoms with van der Waals surface area (Å²) in [6.45, 7) is 8.86. The Bertz CT molecular complexity index is 1050. The number of rotatable bonds is 21. The van der Waals surface area contributed by atoms with Gasteiger partial charge in [-0.05, 0) is 64.2 Å². The molecule has 1 fully saturated rings. The summed E-state index contributed by atoms with van der Waals surface area (Å²) in [5.74, 6) is -4.72. The fourth-order valence-electron chi connectivity index (χ4n) is 5.31. The summed E-state index contributed by atoms with van der Waals surface area (Å²) in [6.07, 6.45) is 13.4. The molecule has 8 heteroatoms. The van der Waals surface area contributed by atoms with Crippen molar-refractivity contribution in [3.63, 3.8) is 0 Å². The van der Waals surface area contributed by atoms with Crippen LogP contribution in [0, 0.1) is 11.8 Å². The molecule has 44 heavy (non-hydrogen) atoms. The van der Waals surface area contributed by atoms with Crippen molar-refractivity contribution in [2.45, 2.75) is 122 Å². The minimum absolute atomic E-state index is 0.149. The lowest BCUT2D eigenvalue weighted by Gasteiger charge is -2.23. The predicted octanol–water partition coefficient (Wildman–Crippen LogP) is 8.54. The van der Waals surface area contributed by atoms with Crippen LogP contribution in [0.2, 0.25) is 0 Å². The largest absolute Gasteiger partial charge is 0.487 e. The highest BCUT2D eigenvalue weighted by Gasteiger charge is 2.43. The fraction of sp³-hybridized carbons (Fsp3) is 0.611. The highest BCUT2D eigenvalue weighted by molar-refractivity contribution is 5.87. The SMILES string of the molecule is C=C(CCCCCCCC)C(=O)O[C@H]1C[C@@H](O)[C@H](/C=C/C(F)(F)COc2ccccc2)[C@H]1C/C=C\CCCC(=O)OC(C)C. The zero-order valence-electron chi connectivity index (χ0n) is 26.7. The van der Waals surface area contributed by atoms with Gasteiger partial charge in [-0.3, -0.25) is 4.79 Å². The van der Waals surface area contributed by atoms with E-state index in [2.05, 4.69) is 13.5 Å². The maximum Gasteiger partial charge on any atom is 0.333 e. The smallest absolute Gasteiger partial charge is 0.333 e. The third-order valence-corrected chi connectivity index (χ3v) is 7.70. The van der Waals surface area contributed by atoms with Gasteiger partial charge in [0.05, 0.1) is 12.2 Å². The number of ether oxygens (including phenoxy) is 3. The van der Waals surface area contributed by atoms with Gasteiger partial charge in [-0.25, -0.2) is 4.79 Å². The van der Waals surface area contributed by atoms with E-state index in [4.69, 9.17) is 14.2 Å². The summed E-state index contributed by atoms with van der Waals surface area (Å²) in [4.78, 5) is 24.7. The van der Waals surface area contributed by atoms with E-state index in [0.29, 0.717) is 43.4 Å². The Labute approximate surface area is 262 Å². The van der Waals surface area contributed by atoms with Crippen molar-refractivity contribution in [3.05, 3.63) is 66.8 Å². The van der Waals surface area contributed by atoms with E-state index >= 15 is 0 Å². The summed E-state index contributed by atoms with van der Waals surface area (Å²) < 4.78 is 45.7. The minimum Gasteiger partial charge on any atom is -0.487 e. The second kappa shape index (κ2) is 20.1. The topological polar surface area (TPSA) is 82.1 Å². The minimum atomic E-state index is -3.26. The Morgan fingerprint density at radius 2 is 1.75 bits per heavy atom. The lowest BCUT2D eigenvalue weighted by Crippen LogP contribution is -2.27. The number of benzene rings is 1. The van der Waals surface area contributed by atoms with E-state index in [-0.39, 0.29) is 18.5 Å². The molecule has 0 bridgehead atoms. The van der Waals surface area contributed by atoms with E-state index in [0.717, 1.165) is 25.3 Å². The molecular weight excluding hydrogens is 566 g/mol. The molecule has 0 amide bonds. The van der Waals surface area contributed by atoms with Crippen LogP contribution in [-0.2, 0) is 19.1 Å². The molecule has 0 aliphatic heterocycles. The molecule has 246 valence electrons. The Morgan fingerprint density at radius 3 is 2.45 bits per heavy atom. The second-order valence-electron chi connectivity index (χ2n) is 12.0. The van der Waals surface area contributed by atoms with Crippen molar-refractivity contribution >= 4 is 11.9 Å². The van der Waals surface area contributed by atoms with Crippen LogP contribution >= 0.6 is 0 Å². The average molecular weight is 619 g/mol. The maximum absolute atomic E-state index is 14.7. The number of carbonyl (C=O) groups is 2. The molecule has 2 rings (SSSR count). The normalized spacial score (nSPS) is 20.4. The van der Waals surface area contributed by atoms with Crippen molar-refractivity contribution in [2.24, 2.45) is 11.8 Å². The molecule has 0 heterocycles. The van der Waals surface area contributed by atoms with Gasteiger partial charge >= 0.3 is 11.9 Å². The summed E-state index contributed by atoms with van der Waals surface area (Å²) in [6, 6.07) is 8.40. The summed E-state index contributed by atoms with van der Waals surface area (Å²) in [5.41, 5.74) is 0.390. The van der Waals surface area contributed by atoms with Crippen molar-refractivity contribution in [1.82, 2.24) is 0 Å². The monoisotopic (exact) mass is 618 g/mol. The van der Waals surface area contributed by atoms with E-state index in [1.165, 1.54) is 25.3 Å². The number of halogens is 2. The van der Waals surface area contributed by atoms with Crippen LogP contribution in [0.3, 0.4) is 0 Å². The third kappa shape index (κ3) is 14.7. The quantitative estimate of drug-likeness (QED) is 0.0644. The van der Waals surface area contributed by atoms with E-state index in [9.17, 15) is 23.5 Å². The molecule has 0 saturated heterocycles. The lowest BCUT2D eigenvalue weighted by atomic mass is 9.89. The Hall–Kier alpha value is -3.00. The predicted molar refractivity (Wildman–Crippen MR) is 169 cm³/mol. The molecule has 1 aliphatic rings. The van der Waals surface area contributed by atoms with Gasteiger partial charge in [0, 0.05) is 30.3 Å². The van der Waals surface area contributed by atoms with Crippen molar-refractivity contribution in [1.29, 1.82) is 0 Å². The first-order valence-electron chi connectivity index (χ1n) is 16.2. The Balaban J connectivity index is 2.02. The van der Waals surface area contributed by atoms with Crippen LogP contribution < -0.4 is 4.74 Å². The molecule has 0 radical (unpaired) electrons. The Kier molecular flexibility index (Phi) is 17.0. The maximum atomic E-state index is 14.7. The number of para-hydroxylation sites is 1. The molecule has 4 atom stereocenters. The van der Waals surface area contributed by atoms with Gasteiger partial charge in [-0.1, -0.05) is 82.0 Å². The summed E-state index contributed by atoms with van der Waals surface area (Å²) in [5, 5.41) is 10.9.